The number of hydrogen-bond acceptors (Lipinski definition) is 2. The zero-order valence-corrected chi connectivity index (χ0v) is 13.8. The molecule has 1 saturated heterocycles. The molecule has 1 fully saturated rings. The number of nitrogens with zero attached hydrogens (tertiary/aromatic N) is 2. The summed E-state index contributed by atoms with van der Waals surface area (Å²) < 4.78 is 0. The molecule has 1 atom stereocenters. The molecule has 0 saturated carbocycles. The maximum Gasteiger partial charge on any atom is 0.173 e. The van der Waals surface area contributed by atoms with Crippen molar-refractivity contribution >= 4 is 34.6 Å². The van der Waals surface area contributed by atoms with Gasteiger partial charge >= 0.3 is 0 Å². The van der Waals surface area contributed by atoms with Crippen LogP contribution in [0.4, 0.5) is 5.69 Å². The van der Waals surface area contributed by atoms with Gasteiger partial charge < -0.3 is 10.2 Å². The van der Waals surface area contributed by atoms with E-state index in [1.54, 1.807) is 6.20 Å². The zero-order chi connectivity index (χ0) is 15.4. The molecule has 1 N–H and O–H groups in total. The Kier molecular flexibility index (Phi) is 4.90. The van der Waals surface area contributed by atoms with Crippen LogP contribution in [0, 0.1) is 0 Å². The highest BCUT2D eigenvalue weighted by Crippen LogP contribution is 2.31. The van der Waals surface area contributed by atoms with Crippen molar-refractivity contribution in [2.75, 3.05) is 11.9 Å². The van der Waals surface area contributed by atoms with Crippen LogP contribution in [0.1, 0.15) is 30.9 Å². The molecule has 114 valence electrons. The van der Waals surface area contributed by atoms with Crippen molar-refractivity contribution in [3.8, 4) is 0 Å². The van der Waals surface area contributed by atoms with E-state index in [2.05, 4.69) is 21.3 Å². The van der Waals surface area contributed by atoms with Crippen LogP contribution in [-0.4, -0.2) is 21.5 Å². The van der Waals surface area contributed by atoms with Crippen LogP contribution in [0.3, 0.4) is 0 Å². The predicted octanol–water partition coefficient (Wildman–Crippen LogP) is 4.66. The lowest BCUT2D eigenvalue weighted by Gasteiger charge is -2.37. The first kappa shape index (κ1) is 15.3. The summed E-state index contributed by atoms with van der Waals surface area (Å²) in [5.41, 5.74) is 2.14. The molecule has 1 aliphatic rings. The van der Waals surface area contributed by atoms with E-state index >= 15 is 0 Å². The lowest BCUT2D eigenvalue weighted by Crippen LogP contribution is -2.41. The fourth-order valence-electron chi connectivity index (χ4n) is 2.86. The van der Waals surface area contributed by atoms with Gasteiger partial charge in [-0.3, -0.25) is 4.98 Å². The number of aromatic nitrogens is 1. The van der Waals surface area contributed by atoms with Crippen LogP contribution in [-0.2, 0) is 0 Å². The average molecular weight is 332 g/mol. The third kappa shape index (κ3) is 3.57. The van der Waals surface area contributed by atoms with Gasteiger partial charge in [-0.15, -0.1) is 0 Å². The number of benzene rings is 1. The van der Waals surface area contributed by atoms with Crippen LogP contribution in [0.15, 0.2) is 48.8 Å². The number of nitrogens with one attached hydrogen (secondary N) is 1. The van der Waals surface area contributed by atoms with Crippen molar-refractivity contribution in [2.45, 2.75) is 25.3 Å². The summed E-state index contributed by atoms with van der Waals surface area (Å²) in [5.74, 6) is 0. The molecule has 1 aromatic carbocycles. The van der Waals surface area contributed by atoms with E-state index in [-0.39, 0.29) is 0 Å². The molecule has 2 aromatic rings. The Morgan fingerprint density at radius 3 is 2.95 bits per heavy atom. The molecule has 1 aliphatic heterocycles. The second kappa shape index (κ2) is 7.07. The van der Waals surface area contributed by atoms with Gasteiger partial charge in [0.1, 0.15) is 0 Å². The van der Waals surface area contributed by atoms with E-state index in [0.717, 1.165) is 30.2 Å². The highest BCUT2D eigenvalue weighted by Gasteiger charge is 2.26. The largest absolute Gasteiger partial charge is 0.342 e. The first-order valence-electron chi connectivity index (χ1n) is 7.47. The molecule has 22 heavy (non-hydrogen) atoms. The Balaban J connectivity index is 1.77. The molecule has 0 radical (unpaired) electrons. The lowest BCUT2D eigenvalue weighted by atomic mass is 9.97. The van der Waals surface area contributed by atoms with Crippen molar-refractivity contribution in [1.82, 2.24) is 9.88 Å². The minimum absolute atomic E-state index is 0.293. The van der Waals surface area contributed by atoms with Crippen molar-refractivity contribution < 1.29 is 0 Å². The fourth-order valence-corrected chi connectivity index (χ4v) is 3.38. The maximum absolute atomic E-state index is 6.03. The third-order valence-corrected chi connectivity index (χ3v) is 4.48. The molecule has 0 amide bonds. The molecule has 5 heteroatoms. The molecular weight excluding hydrogens is 314 g/mol. The van der Waals surface area contributed by atoms with E-state index in [1.165, 1.54) is 12.0 Å². The number of rotatable bonds is 2. The monoisotopic (exact) mass is 331 g/mol. The maximum atomic E-state index is 6.03. The van der Waals surface area contributed by atoms with Crippen LogP contribution < -0.4 is 5.32 Å². The summed E-state index contributed by atoms with van der Waals surface area (Å²) in [7, 11) is 0. The summed E-state index contributed by atoms with van der Waals surface area (Å²) in [4.78, 5) is 6.50. The van der Waals surface area contributed by atoms with Gasteiger partial charge in [0.05, 0.1) is 6.04 Å². The lowest BCUT2D eigenvalue weighted by molar-refractivity contribution is 0.248. The van der Waals surface area contributed by atoms with E-state index in [9.17, 15) is 0 Å². The molecule has 0 unspecified atom stereocenters. The molecule has 3 rings (SSSR count). The summed E-state index contributed by atoms with van der Waals surface area (Å²) in [6.07, 6.45) is 7.22. The third-order valence-electron chi connectivity index (χ3n) is 3.91. The van der Waals surface area contributed by atoms with Crippen LogP contribution in [0.5, 0.6) is 0 Å². The van der Waals surface area contributed by atoms with Crippen molar-refractivity contribution in [2.24, 2.45) is 0 Å². The fraction of sp³-hybridized carbons (Fsp3) is 0.294. The quantitative estimate of drug-likeness (QED) is 0.810. The van der Waals surface area contributed by atoms with Gasteiger partial charge in [-0.05, 0) is 61.3 Å². The van der Waals surface area contributed by atoms with Crippen LogP contribution >= 0.6 is 23.8 Å². The van der Waals surface area contributed by atoms with E-state index < -0.39 is 0 Å². The number of likely N-dealkylation sites (tertiary alicyclic amines) is 1. The molecule has 2 heterocycles. The van der Waals surface area contributed by atoms with E-state index in [4.69, 9.17) is 23.8 Å². The Bertz CT molecular complexity index is 647. The van der Waals surface area contributed by atoms with E-state index in [1.807, 2.05) is 36.5 Å². The normalized spacial score (nSPS) is 18.0. The number of anilines is 1. The molecule has 3 nitrogen and oxygen atoms in total. The van der Waals surface area contributed by atoms with Gasteiger partial charge in [0.25, 0.3) is 0 Å². The van der Waals surface area contributed by atoms with Gasteiger partial charge in [0.15, 0.2) is 5.11 Å². The first-order valence-corrected chi connectivity index (χ1v) is 8.26. The van der Waals surface area contributed by atoms with Crippen LogP contribution in [0.2, 0.25) is 5.02 Å². The minimum Gasteiger partial charge on any atom is -0.342 e. The highest BCUT2D eigenvalue weighted by atomic mass is 35.5. The topological polar surface area (TPSA) is 28.2 Å². The van der Waals surface area contributed by atoms with E-state index in [0.29, 0.717) is 11.1 Å². The Morgan fingerprint density at radius 2 is 2.18 bits per heavy atom. The molecule has 0 bridgehead atoms. The standard InChI is InChI=1S/C17H18ClN3S/c18-14-6-3-7-15(11-14)20-17(22)21-10-2-1-8-16(21)13-5-4-9-19-12-13/h3-7,9,11-12,16H,1-2,8,10H2,(H,20,22)/t16-/m0/s1. The smallest absolute Gasteiger partial charge is 0.173 e. The van der Waals surface area contributed by atoms with Crippen LogP contribution in [0.25, 0.3) is 0 Å². The molecule has 0 aliphatic carbocycles. The summed E-state index contributed by atoms with van der Waals surface area (Å²) in [6.45, 7) is 0.964. The average Bonchev–Trinajstić information content (AvgIpc) is 2.56. The Labute approximate surface area is 141 Å². The molecular formula is C17H18ClN3S. The summed E-state index contributed by atoms with van der Waals surface area (Å²) >= 11 is 11.7. The SMILES string of the molecule is S=C(Nc1cccc(Cl)c1)N1CCCC[C@H]1c1cccnc1. The second-order valence-electron chi connectivity index (χ2n) is 5.43. The number of thiocarbonyl (C=S) groups is 1. The number of piperidine rings is 1. The van der Waals surface area contributed by atoms with Gasteiger partial charge in [-0.1, -0.05) is 23.7 Å². The first-order chi connectivity index (χ1) is 10.7. The zero-order valence-electron chi connectivity index (χ0n) is 12.2. The summed E-state index contributed by atoms with van der Waals surface area (Å²) in [6, 6.07) is 12.0. The second-order valence-corrected chi connectivity index (χ2v) is 6.25. The van der Waals surface area contributed by atoms with Gasteiger partial charge in [-0.25, -0.2) is 0 Å². The van der Waals surface area contributed by atoms with Gasteiger partial charge in [-0.2, -0.15) is 0 Å². The van der Waals surface area contributed by atoms with Crippen molar-refractivity contribution in [1.29, 1.82) is 0 Å². The van der Waals surface area contributed by atoms with Gasteiger partial charge in [0.2, 0.25) is 0 Å². The molecule has 0 spiro atoms. The highest BCUT2D eigenvalue weighted by molar-refractivity contribution is 7.80. The Morgan fingerprint density at radius 1 is 1.27 bits per heavy atom. The van der Waals surface area contributed by atoms with Crippen molar-refractivity contribution in [3.63, 3.8) is 0 Å². The minimum atomic E-state index is 0.293. The number of halogens is 1. The predicted molar refractivity (Wildman–Crippen MR) is 95.2 cm³/mol. The van der Waals surface area contributed by atoms with Crippen molar-refractivity contribution in [3.05, 3.63) is 59.4 Å². The number of hydrogen-bond donors (Lipinski definition) is 1. The van der Waals surface area contributed by atoms with Gasteiger partial charge in [0, 0.05) is 29.6 Å². The summed E-state index contributed by atoms with van der Waals surface area (Å²) in [5, 5.41) is 4.75. The Hall–Kier alpha value is -1.65. The molecule has 1 aromatic heterocycles. The number of pyridine rings is 1.